The predicted octanol–water partition coefficient (Wildman–Crippen LogP) is 5.07. The van der Waals surface area contributed by atoms with Crippen molar-refractivity contribution in [3.63, 3.8) is 0 Å². The molecule has 1 N–H and O–H groups in total. The largest absolute Gasteiger partial charge is 0.306 e. The van der Waals surface area contributed by atoms with Gasteiger partial charge in [0.1, 0.15) is 0 Å². The van der Waals surface area contributed by atoms with Gasteiger partial charge in [0.15, 0.2) is 0 Å². The third-order valence-electron chi connectivity index (χ3n) is 3.65. The number of aryl methyl sites for hydroxylation is 3. The maximum absolute atomic E-state index is 3.69. The van der Waals surface area contributed by atoms with Crippen molar-refractivity contribution >= 4 is 15.9 Å². The summed E-state index contributed by atoms with van der Waals surface area (Å²) in [5.41, 5.74) is 6.72. The fourth-order valence-electron chi connectivity index (χ4n) is 2.93. The Morgan fingerprint density at radius 1 is 1.05 bits per heavy atom. The molecule has 2 rings (SSSR count). The minimum atomic E-state index is 0.233. The molecule has 0 aromatic heterocycles. The first-order valence-corrected chi connectivity index (χ1v) is 7.89. The van der Waals surface area contributed by atoms with E-state index in [0.717, 1.165) is 11.0 Å². The molecule has 2 aromatic rings. The van der Waals surface area contributed by atoms with Crippen LogP contribution in [0.2, 0.25) is 0 Å². The highest BCUT2D eigenvalue weighted by Gasteiger charge is 2.19. The first-order chi connectivity index (χ1) is 9.54. The molecule has 0 amide bonds. The number of nitrogens with one attached hydrogen (secondary N) is 1. The van der Waals surface area contributed by atoms with Crippen LogP contribution in [0.25, 0.3) is 0 Å². The molecule has 1 unspecified atom stereocenters. The molecule has 1 nitrogen and oxygen atoms in total. The Kier molecular flexibility index (Phi) is 5.00. The third kappa shape index (κ3) is 3.13. The molecular weight excluding hydrogens is 310 g/mol. The Morgan fingerprint density at radius 2 is 1.65 bits per heavy atom. The van der Waals surface area contributed by atoms with Gasteiger partial charge in [-0.05, 0) is 55.6 Å². The van der Waals surface area contributed by atoms with Gasteiger partial charge in [-0.2, -0.15) is 0 Å². The molecule has 0 saturated heterocycles. The highest BCUT2D eigenvalue weighted by Crippen LogP contribution is 2.32. The normalized spacial score (nSPS) is 12.4. The number of benzene rings is 2. The van der Waals surface area contributed by atoms with Crippen molar-refractivity contribution in [2.75, 3.05) is 6.54 Å². The van der Waals surface area contributed by atoms with Gasteiger partial charge in [-0.15, -0.1) is 0 Å². The Labute approximate surface area is 130 Å². The van der Waals surface area contributed by atoms with Crippen LogP contribution in [0.3, 0.4) is 0 Å². The molecule has 1 atom stereocenters. The summed E-state index contributed by atoms with van der Waals surface area (Å²) in [4.78, 5) is 0. The number of hydrogen-bond acceptors (Lipinski definition) is 1. The lowest BCUT2D eigenvalue weighted by atomic mass is 9.90. The van der Waals surface area contributed by atoms with E-state index in [1.807, 2.05) is 0 Å². The summed E-state index contributed by atoms with van der Waals surface area (Å²) in [6, 6.07) is 13.2. The summed E-state index contributed by atoms with van der Waals surface area (Å²) >= 11 is 3.69. The van der Waals surface area contributed by atoms with Crippen molar-refractivity contribution in [3.05, 3.63) is 68.7 Å². The smallest absolute Gasteiger partial charge is 0.0593 e. The van der Waals surface area contributed by atoms with Gasteiger partial charge in [0.2, 0.25) is 0 Å². The first-order valence-electron chi connectivity index (χ1n) is 7.10. The highest BCUT2D eigenvalue weighted by atomic mass is 79.9. The van der Waals surface area contributed by atoms with Crippen LogP contribution < -0.4 is 5.32 Å². The molecule has 0 aliphatic heterocycles. The fourth-order valence-corrected chi connectivity index (χ4v) is 3.44. The van der Waals surface area contributed by atoms with Crippen LogP contribution in [0, 0.1) is 20.8 Å². The molecule has 0 fully saturated rings. The average molecular weight is 332 g/mol. The lowest BCUT2D eigenvalue weighted by Gasteiger charge is -2.24. The molecular formula is C18H22BrN. The van der Waals surface area contributed by atoms with Crippen molar-refractivity contribution in [2.45, 2.75) is 33.7 Å². The summed E-state index contributed by atoms with van der Waals surface area (Å²) in [5.74, 6) is 0. The summed E-state index contributed by atoms with van der Waals surface area (Å²) in [7, 11) is 0. The summed E-state index contributed by atoms with van der Waals surface area (Å²) in [6.07, 6.45) is 0. The van der Waals surface area contributed by atoms with Crippen LogP contribution in [-0.4, -0.2) is 6.54 Å². The lowest BCUT2D eigenvalue weighted by molar-refractivity contribution is 0.622. The first kappa shape index (κ1) is 15.3. The minimum absolute atomic E-state index is 0.233. The fraction of sp³-hybridized carbons (Fsp3) is 0.333. The molecule has 0 bridgehead atoms. The third-order valence-corrected chi connectivity index (χ3v) is 4.37. The lowest BCUT2D eigenvalue weighted by Crippen LogP contribution is -2.24. The van der Waals surface area contributed by atoms with Gasteiger partial charge in [0, 0.05) is 4.47 Å². The molecule has 2 heteroatoms. The summed E-state index contributed by atoms with van der Waals surface area (Å²) < 4.78 is 1.16. The molecule has 2 aromatic carbocycles. The maximum Gasteiger partial charge on any atom is 0.0593 e. The molecule has 20 heavy (non-hydrogen) atoms. The van der Waals surface area contributed by atoms with Crippen LogP contribution in [0.1, 0.15) is 40.8 Å². The number of rotatable bonds is 4. The van der Waals surface area contributed by atoms with E-state index >= 15 is 0 Å². The SMILES string of the molecule is CCNC(c1ccccc1Br)c1c(C)cc(C)cc1C. The van der Waals surface area contributed by atoms with Crippen molar-refractivity contribution < 1.29 is 0 Å². The van der Waals surface area contributed by atoms with E-state index in [-0.39, 0.29) is 6.04 Å². The van der Waals surface area contributed by atoms with Crippen LogP contribution in [0.5, 0.6) is 0 Å². The number of hydrogen-bond donors (Lipinski definition) is 1. The molecule has 0 spiro atoms. The van der Waals surface area contributed by atoms with Crippen molar-refractivity contribution in [1.29, 1.82) is 0 Å². The predicted molar refractivity (Wildman–Crippen MR) is 90.3 cm³/mol. The topological polar surface area (TPSA) is 12.0 Å². The van der Waals surface area contributed by atoms with E-state index in [2.05, 4.69) is 85.3 Å². The maximum atomic E-state index is 3.69. The standard InChI is InChI=1S/C18H22BrN/c1-5-20-18(15-8-6-7-9-16(15)19)17-13(3)10-12(2)11-14(17)4/h6-11,18,20H,5H2,1-4H3. The Balaban J connectivity index is 2.58. The second-order valence-corrected chi connectivity index (χ2v) is 6.18. The van der Waals surface area contributed by atoms with E-state index in [9.17, 15) is 0 Å². The molecule has 0 saturated carbocycles. The van der Waals surface area contributed by atoms with Gasteiger partial charge >= 0.3 is 0 Å². The van der Waals surface area contributed by atoms with Gasteiger partial charge in [0.25, 0.3) is 0 Å². The Hall–Kier alpha value is -1.12. The second kappa shape index (κ2) is 6.55. The average Bonchev–Trinajstić information content (AvgIpc) is 2.37. The quantitative estimate of drug-likeness (QED) is 0.824. The minimum Gasteiger partial charge on any atom is -0.306 e. The summed E-state index contributed by atoms with van der Waals surface area (Å²) in [5, 5.41) is 3.63. The Bertz CT molecular complexity index is 581. The van der Waals surface area contributed by atoms with Gasteiger partial charge in [-0.1, -0.05) is 58.7 Å². The molecule has 106 valence electrons. The number of halogens is 1. The zero-order valence-corrected chi connectivity index (χ0v) is 14.2. The molecule has 0 aliphatic rings. The van der Waals surface area contributed by atoms with E-state index in [1.54, 1.807) is 0 Å². The van der Waals surface area contributed by atoms with Crippen LogP contribution >= 0.6 is 15.9 Å². The van der Waals surface area contributed by atoms with Crippen LogP contribution in [0.4, 0.5) is 0 Å². The van der Waals surface area contributed by atoms with Gasteiger partial charge in [-0.25, -0.2) is 0 Å². The van der Waals surface area contributed by atoms with Crippen LogP contribution in [-0.2, 0) is 0 Å². The molecule has 0 aliphatic carbocycles. The zero-order valence-electron chi connectivity index (χ0n) is 12.6. The Morgan fingerprint density at radius 3 is 2.20 bits per heavy atom. The van der Waals surface area contributed by atoms with Gasteiger partial charge < -0.3 is 5.32 Å². The summed E-state index contributed by atoms with van der Waals surface area (Å²) in [6.45, 7) is 9.67. The van der Waals surface area contributed by atoms with Crippen molar-refractivity contribution in [3.8, 4) is 0 Å². The van der Waals surface area contributed by atoms with Crippen molar-refractivity contribution in [2.24, 2.45) is 0 Å². The van der Waals surface area contributed by atoms with E-state index in [0.29, 0.717) is 0 Å². The van der Waals surface area contributed by atoms with Crippen LogP contribution in [0.15, 0.2) is 40.9 Å². The van der Waals surface area contributed by atoms with E-state index in [4.69, 9.17) is 0 Å². The van der Waals surface area contributed by atoms with Gasteiger partial charge in [0.05, 0.1) is 6.04 Å². The highest BCUT2D eigenvalue weighted by molar-refractivity contribution is 9.10. The van der Waals surface area contributed by atoms with E-state index in [1.165, 1.54) is 27.8 Å². The van der Waals surface area contributed by atoms with Crippen molar-refractivity contribution in [1.82, 2.24) is 5.32 Å². The van der Waals surface area contributed by atoms with Gasteiger partial charge in [-0.3, -0.25) is 0 Å². The monoisotopic (exact) mass is 331 g/mol. The second-order valence-electron chi connectivity index (χ2n) is 5.32. The molecule has 0 heterocycles. The van der Waals surface area contributed by atoms with E-state index < -0.39 is 0 Å². The zero-order chi connectivity index (χ0) is 14.7. The molecule has 0 radical (unpaired) electrons.